The smallest absolute Gasteiger partial charge is 0.341 e. The van der Waals surface area contributed by atoms with Gasteiger partial charge in [-0.15, -0.1) is 11.3 Å². The lowest BCUT2D eigenvalue weighted by Crippen LogP contribution is -2.30. The molecule has 0 unspecified atom stereocenters. The second kappa shape index (κ2) is 15.2. The Kier molecular flexibility index (Phi) is 12.4. The van der Waals surface area contributed by atoms with Crippen molar-refractivity contribution < 1.29 is 23.9 Å². The quantitative estimate of drug-likeness (QED) is 0.196. The van der Waals surface area contributed by atoms with Crippen LogP contribution in [0.3, 0.4) is 0 Å². The van der Waals surface area contributed by atoms with Gasteiger partial charge in [-0.1, -0.05) is 57.2 Å². The predicted molar refractivity (Wildman–Crippen MR) is 149 cm³/mol. The van der Waals surface area contributed by atoms with Crippen LogP contribution in [-0.2, 0) is 4.74 Å². The first kappa shape index (κ1) is 30.2. The molecule has 3 N–H and O–H groups in total. The summed E-state index contributed by atoms with van der Waals surface area (Å²) in [6.07, 6.45) is 6.73. The number of unbranched alkanes of at least 4 members (excludes halogenated alkanes) is 5. The highest BCUT2D eigenvalue weighted by atomic mass is 32.1. The van der Waals surface area contributed by atoms with Gasteiger partial charge in [0, 0.05) is 6.54 Å². The number of rotatable bonds is 14. The molecule has 37 heavy (non-hydrogen) atoms. The molecule has 3 amide bonds. The molecular formula is C28H41N3O5S. The van der Waals surface area contributed by atoms with E-state index in [1.165, 1.54) is 19.3 Å². The standard InChI is InChI=1S/C28H41N3O5S/c1-6-7-8-9-10-14-17-30-27(34)31-25-22(26(33)36-28(3,4)5)20(2)23(37-25)24(32)29-18-19-35-21-15-12-11-13-16-21/h11-13,15-16H,6-10,14,17-19H2,1-5H3,(H,29,32)(H2,30,31,34). The van der Waals surface area contributed by atoms with Crippen LogP contribution in [0.15, 0.2) is 30.3 Å². The van der Waals surface area contributed by atoms with E-state index in [1.807, 2.05) is 30.3 Å². The minimum absolute atomic E-state index is 0.195. The van der Waals surface area contributed by atoms with Crippen molar-refractivity contribution in [1.29, 1.82) is 0 Å². The van der Waals surface area contributed by atoms with Crippen LogP contribution >= 0.6 is 11.3 Å². The van der Waals surface area contributed by atoms with E-state index in [9.17, 15) is 14.4 Å². The summed E-state index contributed by atoms with van der Waals surface area (Å²) in [6, 6.07) is 8.92. The fourth-order valence-electron chi connectivity index (χ4n) is 3.58. The van der Waals surface area contributed by atoms with Gasteiger partial charge >= 0.3 is 12.0 Å². The second-order valence-electron chi connectivity index (χ2n) is 9.83. The highest BCUT2D eigenvalue weighted by molar-refractivity contribution is 7.18. The fraction of sp³-hybridized carbons (Fsp3) is 0.536. The van der Waals surface area contributed by atoms with E-state index >= 15 is 0 Å². The van der Waals surface area contributed by atoms with Crippen LogP contribution in [0.4, 0.5) is 9.80 Å². The van der Waals surface area contributed by atoms with Crippen LogP contribution < -0.4 is 20.7 Å². The molecule has 0 fully saturated rings. The van der Waals surface area contributed by atoms with Crippen molar-refractivity contribution in [2.24, 2.45) is 0 Å². The zero-order valence-electron chi connectivity index (χ0n) is 22.7. The maximum atomic E-state index is 13.0. The fourth-order valence-corrected chi connectivity index (χ4v) is 4.68. The SMILES string of the molecule is CCCCCCCCNC(=O)Nc1sc(C(=O)NCCOc2ccccc2)c(C)c1C(=O)OC(C)(C)C. The number of para-hydroxylation sites is 1. The minimum atomic E-state index is -0.722. The van der Waals surface area contributed by atoms with Gasteiger partial charge in [0.05, 0.1) is 17.0 Å². The van der Waals surface area contributed by atoms with Crippen LogP contribution in [0, 0.1) is 6.92 Å². The lowest BCUT2D eigenvalue weighted by atomic mass is 10.1. The van der Waals surface area contributed by atoms with E-state index in [-0.39, 0.29) is 23.0 Å². The second-order valence-corrected chi connectivity index (χ2v) is 10.8. The first-order chi connectivity index (χ1) is 17.6. The Morgan fingerprint density at radius 3 is 2.27 bits per heavy atom. The summed E-state index contributed by atoms with van der Waals surface area (Å²) in [5.74, 6) is -0.210. The molecule has 2 rings (SSSR count). The zero-order chi connectivity index (χ0) is 27.3. The van der Waals surface area contributed by atoms with Crippen molar-refractivity contribution in [3.8, 4) is 5.75 Å². The largest absolute Gasteiger partial charge is 0.492 e. The summed E-state index contributed by atoms with van der Waals surface area (Å²) in [4.78, 5) is 38.8. The highest BCUT2D eigenvalue weighted by Gasteiger charge is 2.29. The van der Waals surface area contributed by atoms with Gasteiger partial charge in [0.15, 0.2) is 0 Å². The number of nitrogens with one attached hydrogen (secondary N) is 3. The Morgan fingerprint density at radius 1 is 0.919 bits per heavy atom. The summed E-state index contributed by atoms with van der Waals surface area (Å²) >= 11 is 1.06. The summed E-state index contributed by atoms with van der Waals surface area (Å²) in [7, 11) is 0. The molecule has 204 valence electrons. The van der Waals surface area contributed by atoms with E-state index in [1.54, 1.807) is 27.7 Å². The lowest BCUT2D eigenvalue weighted by molar-refractivity contribution is 0.00705. The van der Waals surface area contributed by atoms with Crippen molar-refractivity contribution >= 4 is 34.2 Å². The average Bonchev–Trinajstić information content (AvgIpc) is 3.16. The summed E-state index contributed by atoms with van der Waals surface area (Å²) in [6.45, 7) is 10.3. The van der Waals surface area contributed by atoms with Crippen LogP contribution in [0.25, 0.3) is 0 Å². The van der Waals surface area contributed by atoms with Crippen molar-refractivity contribution in [3.05, 3.63) is 46.3 Å². The molecule has 2 aromatic rings. The molecule has 8 nitrogen and oxygen atoms in total. The maximum absolute atomic E-state index is 13.0. The Morgan fingerprint density at radius 2 is 1.59 bits per heavy atom. The first-order valence-corrected chi connectivity index (χ1v) is 13.8. The van der Waals surface area contributed by atoms with Crippen LogP contribution in [0.5, 0.6) is 5.75 Å². The topological polar surface area (TPSA) is 106 Å². The third kappa shape index (κ3) is 10.8. The van der Waals surface area contributed by atoms with E-state index < -0.39 is 17.6 Å². The number of carbonyl (C=O) groups is 3. The molecule has 0 bridgehead atoms. The number of esters is 1. The first-order valence-electron chi connectivity index (χ1n) is 13.0. The van der Waals surface area contributed by atoms with Crippen molar-refractivity contribution in [1.82, 2.24) is 10.6 Å². The van der Waals surface area contributed by atoms with Gasteiger partial charge in [0.2, 0.25) is 0 Å². The Bertz CT molecular complexity index is 1010. The van der Waals surface area contributed by atoms with Gasteiger partial charge < -0.3 is 20.1 Å². The monoisotopic (exact) mass is 531 g/mol. The summed E-state index contributed by atoms with van der Waals surface area (Å²) < 4.78 is 11.2. The summed E-state index contributed by atoms with van der Waals surface area (Å²) in [5.41, 5.74) is -0.0627. The molecule has 0 saturated heterocycles. The lowest BCUT2D eigenvalue weighted by Gasteiger charge is -2.20. The predicted octanol–water partition coefficient (Wildman–Crippen LogP) is 6.30. The number of hydrogen-bond acceptors (Lipinski definition) is 6. The van der Waals surface area contributed by atoms with E-state index in [2.05, 4.69) is 22.9 Å². The van der Waals surface area contributed by atoms with E-state index in [0.29, 0.717) is 23.6 Å². The van der Waals surface area contributed by atoms with Gasteiger partial charge in [-0.25, -0.2) is 9.59 Å². The van der Waals surface area contributed by atoms with Crippen LogP contribution in [0.1, 0.15) is 91.8 Å². The van der Waals surface area contributed by atoms with Gasteiger partial charge in [-0.05, 0) is 51.8 Å². The third-order valence-electron chi connectivity index (χ3n) is 5.40. The number of amides is 3. The van der Waals surface area contributed by atoms with E-state index in [4.69, 9.17) is 9.47 Å². The summed E-state index contributed by atoms with van der Waals surface area (Å²) in [5, 5.41) is 8.71. The van der Waals surface area contributed by atoms with Gasteiger partial charge in [-0.3, -0.25) is 10.1 Å². The molecule has 1 aromatic heterocycles. The molecule has 1 aromatic carbocycles. The number of hydrogen-bond donors (Lipinski definition) is 3. The Hall–Kier alpha value is -3.07. The van der Waals surface area contributed by atoms with Crippen LogP contribution in [-0.4, -0.2) is 43.2 Å². The number of urea groups is 1. The molecule has 0 aliphatic heterocycles. The van der Waals surface area contributed by atoms with Crippen molar-refractivity contribution in [2.75, 3.05) is 25.0 Å². The van der Waals surface area contributed by atoms with Crippen molar-refractivity contribution in [3.63, 3.8) is 0 Å². The number of benzene rings is 1. The highest BCUT2D eigenvalue weighted by Crippen LogP contribution is 2.34. The number of ether oxygens (including phenoxy) is 2. The molecule has 0 aliphatic carbocycles. The molecule has 0 aliphatic rings. The maximum Gasteiger partial charge on any atom is 0.341 e. The normalized spacial score (nSPS) is 11.1. The third-order valence-corrected chi connectivity index (χ3v) is 6.60. The molecule has 1 heterocycles. The Labute approximate surface area is 224 Å². The molecule has 0 radical (unpaired) electrons. The van der Waals surface area contributed by atoms with Gasteiger partial charge in [0.1, 0.15) is 23.0 Å². The number of thiophene rings is 1. The molecule has 9 heteroatoms. The average molecular weight is 532 g/mol. The molecule has 0 atom stereocenters. The van der Waals surface area contributed by atoms with Crippen LogP contribution in [0.2, 0.25) is 0 Å². The number of carbonyl (C=O) groups excluding carboxylic acids is 3. The molecule has 0 spiro atoms. The van der Waals surface area contributed by atoms with E-state index in [0.717, 1.165) is 36.3 Å². The Balaban J connectivity index is 2.02. The van der Waals surface area contributed by atoms with Gasteiger partial charge in [-0.2, -0.15) is 0 Å². The zero-order valence-corrected chi connectivity index (χ0v) is 23.5. The molecule has 0 saturated carbocycles. The minimum Gasteiger partial charge on any atom is -0.492 e. The van der Waals surface area contributed by atoms with Crippen molar-refractivity contribution in [2.45, 2.75) is 78.7 Å². The number of anilines is 1. The molecular weight excluding hydrogens is 490 g/mol. The van der Waals surface area contributed by atoms with Gasteiger partial charge in [0.25, 0.3) is 5.91 Å².